The second kappa shape index (κ2) is 7.19. The molecule has 122 valence electrons. The lowest BCUT2D eigenvalue weighted by Crippen LogP contribution is -2.45. The molecule has 1 N–H and O–H groups in total. The van der Waals surface area contributed by atoms with Gasteiger partial charge in [0.15, 0.2) is 0 Å². The summed E-state index contributed by atoms with van der Waals surface area (Å²) in [6.45, 7) is 3.18. The van der Waals surface area contributed by atoms with Gasteiger partial charge in [-0.1, -0.05) is 6.07 Å². The van der Waals surface area contributed by atoms with Crippen LogP contribution >= 0.6 is 0 Å². The molecule has 0 saturated carbocycles. The van der Waals surface area contributed by atoms with Crippen molar-refractivity contribution in [2.75, 3.05) is 25.9 Å². The van der Waals surface area contributed by atoms with Crippen LogP contribution in [-0.4, -0.2) is 50.1 Å². The van der Waals surface area contributed by atoms with Gasteiger partial charge in [-0.3, -0.25) is 9.78 Å². The molecule has 1 aromatic heterocycles. The van der Waals surface area contributed by atoms with E-state index in [0.29, 0.717) is 19.0 Å². The van der Waals surface area contributed by atoms with Crippen LogP contribution in [0.3, 0.4) is 0 Å². The SMILES string of the molecule is Cc1ccc(C[C@@H]2CCCN(C(=O)CNS(C)(=O)=O)C2)cn1. The number of piperidine rings is 1. The summed E-state index contributed by atoms with van der Waals surface area (Å²) in [7, 11) is -3.33. The van der Waals surface area contributed by atoms with E-state index < -0.39 is 10.0 Å². The smallest absolute Gasteiger partial charge is 0.237 e. The number of likely N-dealkylation sites (tertiary alicyclic amines) is 1. The first-order valence-electron chi connectivity index (χ1n) is 7.47. The third-order valence-corrected chi connectivity index (χ3v) is 4.52. The van der Waals surface area contributed by atoms with Gasteiger partial charge in [0.1, 0.15) is 0 Å². The minimum Gasteiger partial charge on any atom is -0.341 e. The zero-order valence-electron chi connectivity index (χ0n) is 13.1. The average molecular weight is 325 g/mol. The fourth-order valence-electron chi connectivity index (χ4n) is 2.72. The van der Waals surface area contributed by atoms with Crippen molar-refractivity contribution in [2.45, 2.75) is 26.2 Å². The Morgan fingerprint density at radius 3 is 2.86 bits per heavy atom. The van der Waals surface area contributed by atoms with E-state index in [1.54, 1.807) is 4.90 Å². The van der Waals surface area contributed by atoms with E-state index in [2.05, 4.69) is 15.8 Å². The molecule has 0 aromatic carbocycles. The molecule has 0 aliphatic carbocycles. The summed E-state index contributed by atoms with van der Waals surface area (Å²) >= 11 is 0. The molecule has 1 saturated heterocycles. The van der Waals surface area contributed by atoms with Crippen molar-refractivity contribution in [3.63, 3.8) is 0 Å². The van der Waals surface area contributed by atoms with Gasteiger partial charge >= 0.3 is 0 Å². The maximum absolute atomic E-state index is 12.1. The van der Waals surface area contributed by atoms with E-state index in [9.17, 15) is 13.2 Å². The fourth-order valence-corrected chi connectivity index (χ4v) is 3.10. The molecule has 1 aromatic rings. The Morgan fingerprint density at radius 1 is 1.45 bits per heavy atom. The van der Waals surface area contributed by atoms with Crippen LogP contribution in [-0.2, 0) is 21.2 Å². The molecule has 0 radical (unpaired) electrons. The normalized spacial score (nSPS) is 19.2. The highest BCUT2D eigenvalue weighted by molar-refractivity contribution is 7.88. The van der Waals surface area contributed by atoms with E-state index >= 15 is 0 Å². The summed E-state index contributed by atoms with van der Waals surface area (Å²) in [4.78, 5) is 18.1. The van der Waals surface area contributed by atoms with Gasteiger partial charge in [0.2, 0.25) is 15.9 Å². The summed E-state index contributed by atoms with van der Waals surface area (Å²) in [5.74, 6) is 0.248. The molecule has 1 fully saturated rings. The van der Waals surface area contributed by atoms with Crippen LogP contribution in [0.4, 0.5) is 0 Å². The fraction of sp³-hybridized carbons (Fsp3) is 0.600. The zero-order valence-corrected chi connectivity index (χ0v) is 13.9. The number of carbonyl (C=O) groups excluding carboxylic acids is 1. The molecule has 1 aliphatic heterocycles. The second-order valence-corrected chi connectivity index (χ2v) is 7.79. The lowest BCUT2D eigenvalue weighted by molar-refractivity contribution is -0.131. The molecule has 0 bridgehead atoms. The molecular formula is C15H23N3O3S. The lowest BCUT2D eigenvalue weighted by atomic mass is 9.92. The number of nitrogens with zero attached hydrogens (tertiary/aromatic N) is 2. The summed E-state index contributed by atoms with van der Waals surface area (Å²) in [6, 6.07) is 4.07. The van der Waals surface area contributed by atoms with Crippen LogP contribution in [0.5, 0.6) is 0 Å². The highest BCUT2D eigenvalue weighted by atomic mass is 32.2. The van der Waals surface area contributed by atoms with Crippen LogP contribution < -0.4 is 4.72 Å². The highest BCUT2D eigenvalue weighted by Gasteiger charge is 2.24. The Bertz CT molecular complexity index is 613. The van der Waals surface area contributed by atoms with Crippen molar-refractivity contribution in [1.82, 2.24) is 14.6 Å². The van der Waals surface area contributed by atoms with Crippen molar-refractivity contribution in [2.24, 2.45) is 5.92 Å². The van der Waals surface area contributed by atoms with Crippen molar-refractivity contribution < 1.29 is 13.2 Å². The van der Waals surface area contributed by atoms with Gasteiger partial charge in [0, 0.05) is 25.0 Å². The van der Waals surface area contributed by atoms with Gasteiger partial charge in [-0.15, -0.1) is 0 Å². The number of nitrogens with one attached hydrogen (secondary N) is 1. The third kappa shape index (κ3) is 5.38. The molecule has 2 rings (SSSR count). The lowest BCUT2D eigenvalue weighted by Gasteiger charge is -2.33. The third-order valence-electron chi connectivity index (χ3n) is 3.85. The number of aromatic nitrogens is 1. The zero-order chi connectivity index (χ0) is 16.2. The van der Waals surface area contributed by atoms with Gasteiger partial charge < -0.3 is 4.90 Å². The highest BCUT2D eigenvalue weighted by Crippen LogP contribution is 2.20. The Kier molecular flexibility index (Phi) is 5.52. The molecule has 7 heteroatoms. The van der Waals surface area contributed by atoms with E-state index in [1.807, 2.05) is 19.2 Å². The number of hydrogen-bond acceptors (Lipinski definition) is 4. The topological polar surface area (TPSA) is 79.4 Å². The van der Waals surface area contributed by atoms with E-state index in [-0.39, 0.29) is 12.5 Å². The van der Waals surface area contributed by atoms with E-state index in [0.717, 1.165) is 31.2 Å². The van der Waals surface area contributed by atoms with Crippen molar-refractivity contribution >= 4 is 15.9 Å². The van der Waals surface area contributed by atoms with E-state index in [1.165, 1.54) is 5.56 Å². The first-order valence-corrected chi connectivity index (χ1v) is 9.36. The standard InChI is InChI=1S/C15H23N3O3S/c1-12-5-6-13(9-16-12)8-14-4-3-7-18(11-14)15(19)10-17-22(2,20)21/h5-6,9,14,17H,3-4,7-8,10-11H2,1-2H3/t14-/m0/s1. The Hall–Kier alpha value is -1.47. The number of aryl methyl sites for hydroxylation is 1. The van der Waals surface area contributed by atoms with Crippen molar-refractivity contribution in [3.8, 4) is 0 Å². The minimum absolute atomic E-state index is 0.155. The van der Waals surface area contributed by atoms with Gasteiger partial charge in [-0.05, 0) is 43.7 Å². The maximum Gasteiger partial charge on any atom is 0.237 e. The first-order chi connectivity index (χ1) is 10.3. The molecule has 6 nitrogen and oxygen atoms in total. The summed E-state index contributed by atoms with van der Waals surface area (Å²) < 4.78 is 24.4. The van der Waals surface area contributed by atoms with Gasteiger partial charge in [-0.25, -0.2) is 13.1 Å². The minimum atomic E-state index is -3.33. The first kappa shape index (κ1) is 16.9. The largest absolute Gasteiger partial charge is 0.341 e. The summed E-state index contributed by atoms with van der Waals surface area (Å²) in [6.07, 6.45) is 5.88. The summed E-state index contributed by atoms with van der Waals surface area (Å²) in [5.41, 5.74) is 2.18. The number of carbonyl (C=O) groups is 1. The Balaban J connectivity index is 1.88. The van der Waals surface area contributed by atoms with Gasteiger partial charge in [-0.2, -0.15) is 0 Å². The number of hydrogen-bond donors (Lipinski definition) is 1. The summed E-state index contributed by atoms with van der Waals surface area (Å²) in [5, 5.41) is 0. The molecule has 1 atom stereocenters. The monoisotopic (exact) mass is 325 g/mol. The molecule has 2 heterocycles. The molecule has 0 spiro atoms. The molecule has 1 amide bonds. The van der Waals surface area contributed by atoms with Crippen LogP contribution in [0.15, 0.2) is 18.3 Å². The van der Waals surface area contributed by atoms with Gasteiger partial charge in [0.05, 0.1) is 12.8 Å². The maximum atomic E-state index is 12.1. The average Bonchev–Trinajstić information content (AvgIpc) is 2.47. The van der Waals surface area contributed by atoms with Crippen LogP contribution in [0.2, 0.25) is 0 Å². The van der Waals surface area contributed by atoms with Crippen LogP contribution in [0.25, 0.3) is 0 Å². The second-order valence-electron chi connectivity index (χ2n) is 5.95. The Morgan fingerprint density at radius 2 is 2.23 bits per heavy atom. The number of sulfonamides is 1. The predicted octanol–water partition coefficient (Wildman–Crippen LogP) is 0.720. The predicted molar refractivity (Wildman–Crippen MR) is 84.8 cm³/mol. The molecule has 1 aliphatic rings. The molecule has 0 unspecified atom stereocenters. The van der Waals surface area contributed by atoms with Gasteiger partial charge in [0.25, 0.3) is 0 Å². The van der Waals surface area contributed by atoms with Crippen LogP contribution in [0.1, 0.15) is 24.1 Å². The Labute approximate surface area is 132 Å². The number of pyridine rings is 1. The quantitative estimate of drug-likeness (QED) is 0.865. The molecular weight excluding hydrogens is 302 g/mol. The number of amides is 1. The van der Waals surface area contributed by atoms with Crippen molar-refractivity contribution in [3.05, 3.63) is 29.6 Å². The van der Waals surface area contributed by atoms with Crippen molar-refractivity contribution in [1.29, 1.82) is 0 Å². The van der Waals surface area contributed by atoms with Crippen LogP contribution in [0, 0.1) is 12.8 Å². The molecule has 22 heavy (non-hydrogen) atoms. The van der Waals surface area contributed by atoms with E-state index in [4.69, 9.17) is 0 Å². The number of rotatable bonds is 5.